The molecule has 0 spiro atoms. The van der Waals surface area contributed by atoms with Crippen molar-refractivity contribution in [2.45, 2.75) is 52.1 Å². The van der Waals surface area contributed by atoms with Crippen LogP contribution in [0.1, 0.15) is 38.7 Å². The second kappa shape index (κ2) is 4.81. The van der Waals surface area contributed by atoms with Gasteiger partial charge in [0.05, 0.1) is 0 Å². The first kappa shape index (κ1) is 12.4. The summed E-state index contributed by atoms with van der Waals surface area (Å²) in [5.74, 6) is 0.686. The van der Waals surface area contributed by atoms with Crippen LogP contribution >= 0.6 is 0 Å². The Morgan fingerprint density at radius 3 is 2.68 bits per heavy atom. The van der Waals surface area contributed by atoms with E-state index >= 15 is 0 Å². The van der Waals surface area contributed by atoms with Crippen LogP contribution in [0.5, 0.6) is 0 Å². The summed E-state index contributed by atoms with van der Waals surface area (Å²) in [4.78, 5) is 4.52. The van der Waals surface area contributed by atoms with E-state index in [1.54, 1.807) is 0 Å². The van der Waals surface area contributed by atoms with Crippen LogP contribution in [0, 0.1) is 6.92 Å². The summed E-state index contributed by atoms with van der Waals surface area (Å²) in [6.45, 7) is 6.56. The monoisotopic (exact) mass is 259 g/mol. The van der Waals surface area contributed by atoms with E-state index in [9.17, 15) is 0 Å². The van der Waals surface area contributed by atoms with Gasteiger partial charge in [0.2, 0.25) is 0 Å². The first-order valence-corrected chi connectivity index (χ1v) is 7.01. The molecule has 2 unspecified atom stereocenters. The zero-order chi connectivity index (χ0) is 13.4. The molecule has 102 valence electrons. The van der Waals surface area contributed by atoms with Crippen LogP contribution in [0.15, 0.2) is 18.3 Å². The van der Waals surface area contributed by atoms with Gasteiger partial charge in [-0.2, -0.15) is 4.98 Å². The number of hydrazine groups is 1. The lowest BCUT2D eigenvalue weighted by Crippen LogP contribution is -2.47. The maximum absolute atomic E-state index is 4.52. The van der Waals surface area contributed by atoms with Gasteiger partial charge in [0.25, 0.3) is 5.95 Å². The highest BCUT2D eigenvalue weighted by Crippen LogP contribution is 2.22. The highest BCUT2D eigenvalue weighted by atomic mass is 15.6. The number of nitrogens with one attached hydrogen (secondary N) is 1. The Hall–Kier alpha value is -1.62. The molecule has 0 saturated carbocycles. The van der Waals surface area contributed by atoms with Gasteiger partial charge in [-0.1, -0.05) is 12.5 Å². The molecule has 3 heterocycles. The van der Waals surface area contributed by atoms with Gasteiger partial charge in [-0.3, -0.25) is 5.43 Å². The number of rotatable bonds is 2. The van der Waals surface area contributed by atoms with Gasteiger partial charge in [0, 0.05) is 18.3 Å². The van der Waals surface area contributed by atoms with Crippen LogP contribution in [0.25, 0.3) is 5.65 Å². The molecule has 0 radical (unpaired) electrons. The van der Waals surface area contributed by atoms with Gasteiger partial charge in [-0.25, -0.2) is 9.52 Å². The van der Waals surface area contributed by atoms with Crippen molar-refractivity contribution in [3.05, 3.63) is 23.9 Å². The zero-order valence-electron chi connectivity index (χ0n) is 11.8. The molecule has 1 aliphatic heterocycles. The summed E-state index contributed by atoms with van der Waals surface area (Å²) in [5, 5.41) is 6.77. The average Bonchev–Trinajstić information content (AvgIpc) is 2.75. The lowest BCUT2D eigenvalue weighted by Gasteiger charge is -2.38. The molecule has 5 nitrogen and oxygen atoms in total. The van der Waals surface area contributed by atoms with E-state index < -0.39 is 0 Å². The Labute approximate surface area is 113 Å². The molecule has 3 rings (SSSR count). The van der Waals surface area contributed by atoms with Crippen molar-refractivity contribution in [2.24, 2.45) is 0 Å². The number of nitrogens with zero attached hydrogens (tertiary/aromatic N) is 4. The molecule has 2 atom stereocenters. The summed E-state index contributed by atoms with van der Waals surface area (Å²) in [5.41, 5.74) is 5.44. The molecule has 1 saturated heterocycles. The maximum Gasteiger partial charge on any atom is 0.257 e. The molecule has 19 heavy (non-hydrogen) atoms. The Morgan fingerprint density at radius 1 is 1.21 bits per heavy atom. The van der Waals surface area contributed by atoms with Crippen molar-refractivity contribution in [2.75, 3.05) is 5.43 Å². The Kier molecular flexibility index (Phi) is 3.14. The summed E-state index contributed by atoms with van der Waals surface area (Å²) < 4.78 is 1.83. The van der Waals surface area contributed by atoms with Crippen LogP contribution in [0.4, 0.5) is 5.95 Å². The van der Waals surface area contributed by atoms with Gasteiger partial charge in [-0.05, 0) is 45.2 Å². The van der Waals surface area contributed by atoms with E-state index in [1.165, 1.54) is 24.8 Å². The molecular weight excluding hydrogens is 238 g/mol. The molecule has 5 heteroatoms. The standard InChI is InChI=1S/C14H21N5/c1-10-7-8-13-15-14(16-18(13)9-10)17-19-11(2)5-4-6-12(19)3/h7-9,11-12H,4-6H2,1-3H3,(H,16,17). The highest BCUT2D eigenvalue weighted by Gasteiger charge is 2.25. The van der Waals surface area contributed by atoms with Gasteiger partial charge in [0.1, 0.15) is 0 Å². The van der Waals surface area contributed by atoms with Gasteiger partial charge < -0.3 is 0 Å². The van der Waals surface area contributed by atoms with Crippen molar-refractivity contribution in [3.63, 3.8) is 0 Å². The smallest absolute Gasteiger partial charge is 0.257 e. The second-order valence-electron chi connectivity index (χ2n) is 5.59. The first-order chi connectivity index (χ1) is 9.13. The first-order valence-electron chi connectivity index (χ1n) is 7.01. The number of piperidine rings is 1. The number of hydrogen-bond acceptors (Lipinski definition) is 4. The number of aryl methyl sites for hydroxylation is 1. The number of aromatic nitrogens is 3. The molecule has 2 aromatic heterocycles. The van der Waals surface area contributed by atoms with E-state index in [0.717, 1.165) is 5.65 Å². The summed E-state index contributed by atoms with van der Waals surface area (Å²) in [7, 11) is 0. The molecule has 2 aromatic rings. The molecule has 1 fully saturated rings. The fourth-order valence-corrected chi connectivity index (χ4v) is 2.79. The van der Waals surface area contributed by atoms with Gasteiger partial charge >= 0.3 is 0 Å². The Bertz CT molecular complexity index is 566. The topological polar surface area (TPSA) is 45.5 Å². The van der Waals surface area contributed by atoms with E-state index in [1.807, 2.05) is 16.8 Å². The third-order valence-electron chi connectivity index (χ3n) is 3.90. The minimum absolute atomic E-state index is 0.525. The lowest BCUT2D eigenvalue weighted by molar-refractivity contribution is 0.134. The molecule has 1 N–H and O–H groups in total. The SMILES string of the molecule is Cc1ccc2nc(NN3C(C)CCCC3C)nn2c1. The summed E-state index contributed by atoms with van der Waals surface area (Å²) >= 11 is 0. The Balaban J connectivity index is 1.84. The number of hydrogen-bond donors (Lipinski definition) is 1. The van der Waals surface area contributed by atoms with Crippen LogP contribution in [-0.2, 0) is 0 Å². The summed E-state index contributed by atoms with van der Waals surface area (Å²) in [6, 6.07) is 5.10. The molecule has 0 amide bonds. The molecule has 1 aliphatic rings. The number of pyridine rings is 1. The third kappa shape index (κ3) is 2.42. The predicted octanol–water partition coefficient (Wildman–Crippen LogP) is 2.63. The van der Waals surface area contributed by atoms with Crippen LogP contribution in [-0.4, -0.2) is 31.7 Å². The van der Waals surface area contributed by atoms with E-state index in [2.05, 4.69) is 47.4 Å². The highest BCUT2D eigenvalue weighted by molar-refractivity contribution is 5.43. The third-order valence-corrected chi connectivity index (χ3v) is 3.90. The largest absolute Gasteiger partial charge is 0.285 e. The average molecular weight is 259 g/mol. The molecule has 0 aliphatic carbocycles. The molecular formula is C14H21N5. The van der Waals surface area contributed by atoms with E-state index in [4.69, 9.17) is 0 Å². The zero-order valence-corrected chi connectivity index (χ0v) is 11.8. The van der Waals surface area contributed by atoms with Crippen molar-refractivity contribution in [1.29, 1.82) is 0 Å². The van der Waals surface area contributed by atoms with Gasteiger partial charge in [-0.15, -0.1) is 5.10 Å². The molecule has 0 aromatic carbocycles. The maximum atomic E-state index is 4.52. The van der Waals surface area contributed by atoms with E-state index in [0.29, 0.717) is 18.0 Å². The van der Waals surface area contributed by atoms with Crippen LogP contribution < -0.4 is 5.43 Å². The second-order valence-corrected chi connectivity index (χ2v) is 5.59. The van der Waals surface area contributed by atoms with Crippen molar-refractivity contribution < 1.29 is 0 Å². The lowest BCUT2D eigenvalue weighted by atomic mass is 10.00. The fourth-order valence-electron chi connectivity index (χ4n) is 2.79. The quantitative estimate of drug-likeness (QED) is 0.900. The molecule has 0 bridgehead atoms. The predicted molar refractivity (Wildman–Crippen MR) is 76.0 cm³/mol. The number of anilines is 1. The van der Waals surface area contributed by atoms with Crippen molar-refractivity contribution >= 4 is 11.6 Å². The van der Waals surface area contributed by atoms with Crippen molar-refractivity contribution in [3.8, 4) is 0 Å². The van der Waals surface area contributed by atoms with Crippen molar-refractivity contribution in [1.82, 2.24) is 19.6 Å². The minimum Gasteiger partial charge on any atom is -0.285 e. The normalized spacial score (nSPS) is 24.8. The number of fused-ring (bicyclic) bond motifs is 1. The van der Waals surface area contributed by atoms with Gasteiger partial charge in [0.15, 0.2) is 5.65 Å². The summed E-state index contributed by atoms with van der Waals surface area (Å²) in [6.07, 6.45) is 5.75. The van der Waals surface area contributed by atoms with Crippen LogP contribution in [0.2, 0.25) is 0 Å². The van der Waals surface area contributed by atoms with Crippen LogP contribution in [0.3, 0.4) is 0 Å². The Morgan fingerprint density at radius 2 is 1.95 bits per heavy atom. The fraction of sp³-hybridized carbons (Fsp3) is 0.571. The minimum atomic E-state index is 0.525. The van der Waals surface area contributed by atoms with E-state index in [-0.39, 0.29) is 0 Å².